The Morgan fingerprint density at radius 2 is 2.20 bits per heavy atom. The summed E-state index contributed by atoms with van der Waals surface area (Å²) in [7, 11) is 0. The van der Waals surface area contributed by atoms with Gasteiger partial charge in [0.15, 0.2) is 0 Å². The number of nitrogens with one attached hydrogen (secondary N) is 3. The van der Waals surface area contributed by atoms with Gasteiger partial charge in [0, 0.05) is 41.5 Å². The van der Waals surface area contributed by atoms with Gasteiger partial charge in [-0.1, -0.05) is 5.16 Å². The highest BCUT2D eigenvalue weighted by Crippen LogP contribution is 2.32. The number of carbonyl (C=O) groups is 1. The van der Waals surface area contributed by atoms with Gasteiger partial charge < -0.3 is 14.8 Å². The molecule has 0 atom stereocenters. The Bertz CT molecular complexity index is 1130. The van der Waals surface area contributed by atoms with Gasteiger partial charge in [-0.15, -0.1) is 0 Å². The summed E-state index contributed by atoms with van der Waals surface area (Å²) in [5, 5.41) is 11.9. The highest BCUT2D eigenvalue weighted by Gasteiger charge is 2.27. The molecule has 0 bridgehead atoms. The van der Waals surface area contributed by atoms with Crippen LogP contribution in [-0.2, 0) is 11.2 Å². The van der Waals surface area contributed by atoms with Gasteiger partial charge in [-0.3, -0.25) is 14.8 Å². The van der Waals surface area contributed by atoms with Crippen molar-refractivity contribution in [2.24, 2.45) is 5.10 Å². The SMILES string of the molecule is Cc1[nH]c(/C=C2/C(=O)NN=C2c2cnccn2)c(-c2ccon2)c1CCNC1CC1. The summed E-state index contributed by atoms with van der Waals surface area (Å²) in [5.74, 6) is -0.286. The summed E-state index contributed by atoms with van der Waals surface area (Å²) in [4.78, 5) is 24.3. The molecule has 3 aromatic heterocycles. The molecule has 4 heterocycles. The van der Waals surface area contributed by atoms with Crippen LogP contribution in [0.4, 0.5) is 0 Å². The van der Waals surface area contributed by atoms with Gasteiger partial charge in [-0.25, -0.2) is 5.43 Å². The van der Waals surface area contributed by atoms with Crippen LogP contribution in [0.25, 0.3) is 17.3 Å². The monoisotopic (exact) mass is 403 g/mol. The van der Waals surface area contributed by atoms with E-state index in [0.29, 0.717) is 23.0 Å². The molecule has 152 valence electrons. The summed E-state index contributed by atoms with van der Waals surface area (Å²) >= 11 is 0. The number of carbonyl (C=O) groups excluding carboxylic acids is 1. The van der Waals surface area contributed by atoms with E-state index in [-0.39, 0.29) is 5.91 Å². The van der Waals surface area contributed by atoms with Gasteiger partial charge in [-0.2, -0.15) is 5.10 Å². The minimum Gasteiger partial charge on any atom is -0.364 e. The van der Waals surface area contributed by atoms with Crippen LogP contribution in [0.1, 0.15) is 35.5 Å². The second-order valence-corrected chi connectivity index (χ2v) is 7.43. The lowest BCUT2D eigenvalue weighted by Crippen LogP contribution is -2.19. The maximum absolute atomic E-state index is 12.5. The van der Waals surface area contributed by atoms with Crippen molar-refractivity contribution in [3.63, 3.8) is 0 Å². The van der Waals surface area contributed by atoms with Gasteiger partial charge in [0.05, 0.1) is 11.8 Å². The number of rotatable bonds is 7. The third kappa shape index (κ3) is 3.55. The standard InChI is InChI=1S/C21H21N7O2/c1-12-14(4-6-23-13-2-3-13)19(16-5-9-30-28-16)17(25-12)10-15-20(26-27-21(15)29)18-11-22-7-8-24-18/h5,7-11,13,23,25H,2-4,6H2,1H3,(H,27,29)/b15-10+. The Kier molecular flexibility index (Phi) is 4.72. The molecule has 2 aliphatic rings. The van der Waals surface area contributed by atoms with Crippen LogP contribution in [0.2, 0.25) is 0 Å². The Morgan fingerprint density at radius 1 is 1.30 bits per heavy atom. The molecule has 0 unspecified atom stereocenters. The minimum absolute atomic E-state index is 0.286. The normalized spacial score (nSPS) is 17.4. The summed E-state index contributed by atoms with van der Waals surface area (Å²) < 4.78 is 5.10. The molecule has 30 heavy (non-hydrogen) atoms. The van der Waals surface area contributed by atoms with E-state index in [4.69, 9.17) is 4.52 Å². The van der Waals surface area contributed by atoms with E-state index in [1.165, 1.54) is 12.8 Å². The minimum atomic E-state index is -0.286. The molecule has 9 nitrogen and oxygen atoms in total. The highest BCUT2D eigenvalue weighted by molar-refractivity contribution is 6.32. The molecule has 3 N–H and O–H groups in total. The van der Waals surface area contributed by atoms with Gasteiger partial charge in [0.1, 0.15) is 23.4 Å². The van der Waals surface area contributed by atoms with Crippen LogP contribution < -0.4 is 10.7 Å². The predicted molar refractivity (Wildman–Crippen MR) is 110 cm³/mol. The number of aryl methyl sites for hydroxylation is 1. The second kappa shape index (κ2) is 7.68. The first-order valence-electron chi connectivity index (χ1n) is 9.93. The largest absolute Gasteiger partial charge is 0.364 e. The van der Waals surface area contributed by atoms with Crippen molar-refractivity contribution in [1.29, 1.82) is 0 Å². The summed E-state index contributed by atoms with van der Waals surface area (Å²) in [6, 6.07) is 2.48. The molecular formula is C21H21N7O2. The van der Waals surface area contributed by atoms with Crippen LogP contribution in [-0.4, -0.2) is 44.3 Å². The zero-order chi connectivity index (χ0) is 20.5. The molecule has 3 aromatic rings. The van der Waals surface area contributed by atoms with Crippen molar-refractivity contribution >= 4 is 17.7 Å². The highest BCUT2D eigenvalue weighted by atomic mass is 16.5. The fraction of sp³-hybridized carbons (Fsp3) is 0.286. The average Bonchev–Trinajstić information content (AvgIpc) is 3.14. The lowest BCUT2D eigenvalue weighted by atomic mass is 10.00. The molecule has 0 spiro atoms. The molecule has 5 rings (SSSR count). The first-order valence-corrected chi connectivity index (χ1v) is 9.93. The number of hydrogen-bond donors (Lipinski definition) is 3. The topological polar surface area (TPSA) is 121 Å². The average molecular weight is 403 g/mol. The Labute approximate surface area is 172 Å². The van der Waals surface area contributed by atoms with E-state index >= 15 is 0 Å². The maximum Gasteiger partial charge on any atom is 0.273 e. The fourth-order valence-corrected chi connectivity index (χ4v) is 3.66. The van der Waals surface area contributed by atoms with Crippen molar-refractivity contribution in [3.05, 3.63) is 59.1 Å². The van der Waals surface area contributed by atoms with Crippen molar-refractivity contribution in [2.75, 3.05) is 6.54 Å². The van der Waals surface area contributed by atoms with Crippen LogP contribution in [0, 0.1) is 6.92 Å². The van der Waals surface area contributed by atoms with E-state index in [2.05, 4.69) is 36.0 Å². The molecule has 9 heteroatoms. The number of amides is 1. The van der Waals surface area contributed by atoms with Gasteiger partial charge in [-0.05, 0) is 44.4 Å². The molecule has 0 aromatic carbocycles. The third-order valence-electron chi connectivity index (χ3n) is 5.29. The number of hydrazone groups is 1. The van der Waals surface area contributed by atoms with E-state index in [9.17, 15) is 4.79 Å². The maximum atomic E-state index is 12.5. The summed E-state index contributed by atoms with van der Waals surface area (Å²) in [6.45, 7) is 2.92. The van der Waals surface area contributed by atoms with E-state index in [0.717, 1.165) is 41.2 Å². The molecule has 1 aliphatic heterocycles. The molecule has 1 saturated carbocycles. The Balaban J connectivity index is 1.54. The van der Waals surface area contributed by atoms with Gasteiger partial charge in [0.25, 0.3) is 5.91 Å². The predicted octanol–water partition coefficient (Wildman–Crippen LogP) is 1.98. The molecule has 1 fully saturated rings. The van der Waals surface area contributed by atoms with E-state index in [1.807, 2.05) is 13.0 Å². The second-order valence-electron chi connectivity index (χ2n) is 7.43. The van der Waals surface area contributed by atoms with E-state index < -0.39 is 0 Å². The fourth-order valence-electron chi connectivity index (χ4n) is 3.66. The van der Waals surface area contributed by atoms with Crippen molar-refractivity contribution in [2.45, 2.75) is 32.2 Å². The first-order chi connectivity index (χ1) is 14.7. The first kappa shape index (κ1) is 18.4. The zero-order valence-electron chi connectivity index (χ0n) is 16.5. The molecule has 1 amide bonds. The van der Waals surface area contributed by atoms with Crippen molar-refractivity contribution in [1.82, 2.24) is 30.9 Å². The van der Waals surface area contributed by atoms with Gasteiger partial charge >= 0.3 is 0 Å². The molecular weight excluding hydrogens is 382 g/mol. The van der Waals surface area contributed by atoms with Crippen LogP contribution in [0.5, 0.6) is 0 Å². The Hall–Kier alpha value is -3.59. The molecule has 1 aliphatic carbocycles. The number of hydrogen-bond acceptors (Lipinski definition) is 7. The van der Waals surface area contributed by atoms with Gasteiger partial charge in [0.2, 0.25) is 0 Å². The van der Waals surface area contributed by atoms with Crippen LogP contribution >= 0.6 is 0 Å². The molecule has 0 saturated heterocycles. The third-order valence-corrected chi connectivity index (χ3v) is 5.29. The number of nitrogens with zero attached hydrogens (tertiary/aromatic N) is 4. The van der Waals surface area contributed by atoms with Crippen LogP contribution in [0.3, 0.4) is 0 Å². The smallest absolute Gasteiger partial charge is 0.273 e. The van der Waals surface area contributed by atoms with E-state index in [1.54, 1.807) is 30.9 Å². The zero-order valence-corrected chi connectivity index (χ0v) is 16.5. The quantitative estimate of drug-likeness (QED) is 0.519. The van der Waals surface area contributed by atoms with Crippen LogP contribution in [0.15, 0.2) is 46.1 Å². The number of aromatic nitrogens is 4. The number of aromatic amines is 1. The summed E-state index contributed by atoms with van der Waals surface area (Å²) in [6.07, 6.45) is 11.4. The Morgan fingerprint density at radius 3 is 2.93 bits per heavy atom. The summed E-state index contributed by atoms with van der Waals surface area (Å²) in [5.41, 5.74) is 8.57. The van der Waals surface area contributed by atoms with Crippen molar-refractivity contribution < 1.29 is 9.32 Å². The molecule has 0 radical (unpaired) electrons. The number of H-pyrrole nitrogens is 1. The lowest BCUT2D eigenvalue weighted by Gasteiger charge is -2.06. The lowest BCUT2D eigenvalue weighted by molar-refractivity contribution is -0.116. The van der Waals surface area contributed by atoms with Crippen molar-refractivity contribution in [3.8, 4) is 11.3 Å².